The van der Waals surface area contributed by atoms with Crippen molar-refractivity contribution in [3.63, 3.8) is 0 Å². The van der Waals surface area contributed by atoms with Gasteiger partial charge in [-0.3, -0.25) is 0 Å². The second kappa shape index (κ2) is 5.53. The molecule has 0 bridgehead atoms. The molecule has 11 heavy (non-hydrogen) atoms. The molecule has 0 aromatic heterocycles. The van der Waals surface area contributed by atoms with E-state index in [1.165, 1.54) is 11.1 Å². The molecule has 0 unspecified atom stereocenters. The minimum absolute atomic E-state index is 0.685. The van der Waals surface area contributed by atoms with Gasteiger partial charge in [0, 0.05) is 0 Å². The minimum Gasteiger partial charge on any atom is -0.213 e. The van der Waals surface area contributed by atoms with Crippen molar-refractivity contribution in [1.82, 2.24) is 0 Å². The summed E-state index contributed by atoms with van der Waals surface area (Å²) in [6.45, 7) is 12.0. The molecule has 0 saturated carbocycles. The largest absolute Gasteiger partial charge is 0.217 e. The maximum absolute atomic E-state index is 3.91. The molecule has 0 aliphatic rings. The van der Waals surface area contributed by atoms with E-state index in [1.807, 2.05) is 11.6 Å². The summed E-state index contributed by atoms with van der Waals surface area (Å²) in [6, 6.07) is 0. The monoisotopic (exact) mass is 168 g/mol. The van der Waals surface area contributed by atoms with Crippen LogP contribution >= 0.6 is 11.6 Å². The van der Waals surface area contributed by atoms with Crippen LogP contribution in [0.5, 0.6) is 0 Å². The molecule has 0 rings (SSSR count). The molecule has 0 radical (unpaired) electrons. The molecule has 0 aromatic rings. The third kappa shape index (κ3) is 6.30. The highest BCUT2D eigenvalue weighted by Gasteiger charge is 2.11. The van der Waals surface area contributed by atoms with E-state index in [2.05, 4.69) is 33.3 Å². The zero-order chi connectivity index (χ0) is 8.85. The number of rotatable bonds is 5. The Labute approximate surface area is 75.1 Å². The third-order valence-corrected chi connectivity index (χ3v) is 2.49. The normalized spacial score (nSPS) is 9.36. The van der Waals surface area contributed by atoms with E-state index in [0.29, 0.717) is 5.99 Å². The van der Waals surface area contributed by atoms with Crippen LogP contribution in [0, 0.1) is 0 Å². The molecular weight excluding hydrogens is 151 g/mol. The lowest BCUT2D eigenvalue weighted by molar-refractivity contribution is 1.33. The van der Waals surface area contributed by atoms with Gasteiger partial charge in [0.2, 0.25) is 5.99 Å². The van der Waals surface area contributed by atoms with Gasteiger partial charge in [0.1, 0.15) is 0 Å². The van der Waals surface area contributed by atoms with Crippen molar-refractivity contribution in [1.29, 1.82) is 0 Å². The number of hydrogen-bond acceptors (Lipinski definition) is 1. The lowest BCUT2D eigenvalue weighted by atomic mass is 9.65. The summed E-state index contributed by atoms with van der Waals surface area (Å²) in [4.78, 5) is 0. The van der Waals surface area contributed by atoms with Crippen molar-refractivity contribution in [2.24, 2.45) is 0 Å². The standard InChI is InChI=1S/C9H17BS/c1-8(2)6-10(11-5)7-9(3)4/h1,3,6-7H2,2,4-5H3. The summed E-state index contributed by atoms with van der Waals surface area (Å²) in [5.74, 6) is 0.685. The van der Waals surface area contributed by atoms with E-state index in [1.54, 1.807) is 0 Å². The van der Waals surface area contributed by atoms with E-state index < -0.39 is 0 Å². The van der Waals surface area contributed by atoms with Crippen LogP contribution < -0.4 is 0 Å². The summed E-state index contributed by atoms with van der Waals surface area (Å²) in [5.41, 5.74) is 2.54. The first-order valence-electron chi connectivity index (χ1n) is 3.87. The molecule has 0 heterocycles. The maximum atomic E-state index is 3.91. The SMILES string of the molecule is C=C(C)CB(CC(=C)C)SC. The van der Waals surface area contributed by atoms with Gasteiger partial charge in [-0.05, 0) is 32.7 Å². The van der Waals surface area contributed by atoms with Crippen LogP contribution in [-0.4, -0.2) is 12.2 Å². The zero-order valence-electron chi connectivity index (χ0n) is 7.81. The molecule has 0 amide bonds. The van der Waals surface area contributed by atoms with Crippen LogP contribution in [0.25, 0.3) is 0 Å². The van der Waals surface area contributed by atoms with Crippen LogP contribution in [-0.2, 0) is 0 Å². The van der Waals surface area contributed by atoms with Gasteiger partial charge in [-0.1, -0.05) is 11.1 Å². The van der Waals surface area contributed by atoms with Crippen LogP contribution in [0.4, 0.5) is 0 Å². The molecule has 0 fully saturated rings. The topological polar surface area (TPSA) is 0 Å². The van der Waals surface area contributed by atoms with Gasteiger partial charge in [0.15, 0.2) is 0 Å². The van der Waals surface area contributed by atoms with E-state index in [-0.39, 0.29) is 0 Å². The molecule has 0 atom stereocenters. The Bertz CT molecular complexity index is 136. The fraction of sp³-hybridized carbons (Fsp3) is 0.556. The second-order valence-corrected chi connectivity index (χ2v) is 4.32. The Morgan fingerprint density at radius 2 is 1.55 bits per heavy atom. The predicted octanol–water partition coefficient (Wildman–Crippen LogP) is 3.49. The van der Waals surface area contributed by atoms with E-state index in [9.17, 15) is 0 Å². The summed E-state index contributed by atoms with van der Waals surface area (Å²) < 4.78 is 0. The van der Waals surface area contributed by atoms with Gasteiger partial charge in [0.05, 0.1) is 0 Å². The van der Waals surface area contributed by atoms with Gasteiger partial charge >= 0.3 is 0 Å². The van der Waals surface area contributed by atoms with Crippen molar-refractivity contribution >= 4 is 17.6 Å². The maximum Gasteiger partial charge on any atom is 0.217 e. The van der Waals surface area contributed by atoms with Crippen LogP contribution in [0.1, 0.15) is 13.8 Å². The highest BCUT2D eigenvalue weighted by atomic mass is 32.2. The highest BCUT2D eigenvalue weighted by Crippen LogP contribution is 2.19. The molecule has 62 valence electrons. The summed E-state index contributed by atoms with van der Waals surface area (Å²) in [5, 5.41) is 0. The van der Waals surface area contributed by atoms with Crippen LogP contribution in [0.15, 0.2) is 24.3 Å². The molecule has 2 heteroatoms. The fourth-order valence-corrected chi connectivity index (χ4v) is 1.92. The Balaban J connectivity index is 3.76. The molecule has 0 aliphatic heterocycles. The van der Waals surface area contributed by atoms with Crippen LogP contribution in [0.3, 0.4) is 0 Å². The van der Waals surface area contributed by atoms with Gasteiger partial charge in [-0.15, -0.1) is 13.2 Å². The molecule has 0 saturated heterocycles. The van der Waals surface area contributed by atoms with E-state index >= 15 is 0 Å². The van der Waals surface area contributed by atoms with Gasteiger partial charge in [-0.2, -0.15) is 0 Å². The molecular formula is C9H17BS. The molecule has 0 N–H and O–H groups in total. The Kier molecular flexibility index (Phi) is 5.48. The van der Waals surface area contributed by atoms with Gasteiger partial charge < -0.3 is 0 Å². The average Bonchev–Trinajstić information content (AvgIpc) is 1.84. The minimum atomic E-state index is 0.685. The summed E-state index contributed by atoms with van der Waals surface area (Å²) in [6.07, 6.45) is 4.39. The number of allylic oxidation sites excluding steroid dienone is 2. The summed E-state index contributed by atoms with van der Waals surface area (Å²) in [7, 11) is 0. The zero-order valence-corrected chi connectivity index (χ0v) is 8.63. The van der Waals surface area contributed by atoms with E-state index in [4.69, 9.17) is 0 Å². The smallest absolute Gasteiger partial charge is 0.213 e. The molecule has 0 aromatic carbocycles. The quantitative estimate of drug-likeness (QED) is 0.447. The van der Waals surface area contributed by atoms with Crippen molar-refractivity contribution in [2.75, 3.05) is 6.26 Å². The second-order valence-electron chi connectivity index (χ2n) is 3.18. The highest BCUT2D eigenvalue weighted by molar-refractivity contribution is 8.25. The van der Waals surface area contributed by atoms with Gasteiger partial charge in [0.25, 0.3) is 0 Å². The van der Waals surface area contributed by atoms with Crippen molar-refractivity contribution in [3.05, 3.63) is 24.3 Å². The number of hydrogen-bond donors (Lipinski definition) is 0. The first-order valence-corrected chi connectivity index (χ1v) is 5.16. The van der Waals surface area contributed by atoms with Gasteiger partial charge in [-0.25, -0.2) is 11.6 Å². The Morgan fingerprint density at radius 3 is 1.73 bits per heavy atom. The lowest BCUT2D eigenvalue weighted by Gasteiger charge is -2.09. The average molecular weight is 168 g/mol. The Morgan fingerprint density at radius 1 is 1.18 bits per heavy atom. The third-order valence-electron chi connectivity index (χ3n) is 1.49. The molecule has 0 nitrogen and oxygen atoms in total. The van der Waals surface area contributed by atoms with Crippen LogP contribution in [0.2, 0.25) is 12.6 Å². The summed E-state index contributed by atoms with van der Waals surface area (Å²) >= 11 is 1.90. The molecule has 0 aliphatic carbocycles. The fourth-order valence-electron chi connectivity index (χ4n) is 1.02. The lowest BCUT2D eigenvalue weighted by Crippen LogP contribution is -2.06. The van der Waals surface area contributed by atoms with Crippen molar-refractivity contribution < 1.29 is 0 Å². The van der Waals surface area contributed by atoms with Crippen molar-refractivity contribution in [3.8, 4) is 0 Å². The predicted molar refractivity (Wildman–Crippen MR) is 58.5 cm³/mol. The Hall–Kier alpha value is -0.105. The first kappa shape index (κ1) is 10.9. The molecule has 0 spiro atoms. The van der Waals surface area contributed by atoms with Crippen molar-refractivity contribution in [2.45, 2.75) is 26.5 Å². The van der Waals surface area contributed by atoms with E-state index in [0.717, 1.165) is 12.6 Å². The first-order chi connectivity index (χ1) is 5.06.